The second-order valence-electron chi connectivity index (χ2n) is 8.24. The first-order chi connectivity index (χ1) is 14.6. The van der Waals surface area contributed by atoms with Crippen molar-refractivity contribution in [2.45, 2.75) is 37.3 Å². The molecule has 0 amide bonds. The van der Waals surface area contributed by atoms with Crippen LogP contribution in [-0.2, 0) is 4.74 Å². The van der Waals surface area contributed by atoms with Crippen molar-refractivity contribution in [1.82, 2.24) is 19.9 Å². The molecule has 2 aromatic rings. The zero-order chi connectivity index (χ0) is 20.7. The molecule has 162 valence electrons. The number of rotatable bonds is 5. The molecule has 10 heteroatoms. The van der Waals surface area contributed by atoms with Crippen LogP contribution in [0.2, 0.25) is 5.15 Å². The molecule has 0 bridgehead atoms. The molecule has 3 aliphatic heterocycles. The molecule has 2 aromatic heterocycles. The van der Waals surface area contributed by atoms with Gasteiger partial charge in [-0.25, -0.2) is 9.37 Å². The first kappa shape index (κ1) is 20.1. The van der Waals surface area contributed by atoms with Crippen LogP contribution in [0.5, 0.6) is 6.01 Å². The van der Waals surface area contributed by atoms with Crippen molar-refractivity contribution >= 4 is 28.3 Å². The van der Waals surface area contributed by atoms with Crippen LogP contribution in [0.4, 0.5) is 10.2 Å². The molecule has 3 fully saturated rings. The molecule has 0 radical (unpaired) electrons. The minimum absolute atomic E-state index is 0.112. The third-order valence-electron chi connectivity index (χ3n) is 6.63. The van der Waals surface area contributed by atoms with Gasteiger partial charge in [-0.3, -0.25) is 4.90 Å². The summed E-state index contributed by atoms with van der Waals surface area (Å²) in [7, 11) is 0. The van der Waals surface area contributed by atoms with Crippen molar-refractivity contribution in [3.63, 3.8) is 0 Å². The highest BCUT2D eigenvalue weighted by molar-refractivity contribution is 6.30. The lowest BCUT2D eigenvalue weighted by molar-refractivity contribution is 0.0644. The van der Waals surface area contributed by atoms with E-state index < -0.39 is 5.82 Å². The maximum absolute atomic E-state index is 14.8. The van der Waals surface area contributed by atoms with Gasteiger partial charge in [-0.05, 0) is 32.2 Å². The minimum Gasteiger partial charge on any atom is -0.461 e. The molecule has 0 spiro atoms. The monoisotopic (exact) mass is 437 g/mol. The number of aromatic nitrogens is 3. The van der Waals surface area contributed by atoms with Gasteiger partial charge in [0.1, 0.15) is 17.9 Å². The molecule has 1 N–H and O–H groups in total. The van der Waals surface area contributed by atoms with Crippen molar-refractivity contribution in [1.29, 1.82) is 0 Å². The quantitative estimate of drug-likeness (QED) is 0.711. The van der Waals surface area contributed by atoms with E-state index in [1.54, 1.807) is 0 Å². The van der Waals surface area contributed by atoms with Gasteiger partial charge in [-0.2, -0.15) is 9.97 Å². The number of hydrogen-bond acceptors (Lipinski definition) is 8. The molecule has 5 heterocycles. The smallest absolute Gasteiger partial charge is 0.319 e. The van der Waals surface area contributed by atoms with E-state index in [0.717, 1.165) is 32.2 Å². The average molecular weight is 438 g/mol. The molecular formula is C20H25ClFN5O3. The average Bonchev–Trinajstić information content (AvgIpc) is 3.34. The van der Waals surface area contributed by atoms with Gasteiger partial charge in [0.05, 0.1) is 30.7 Å². The summed E-state index contributed by atoms with van der Waals surface area (Å²) in [4.78, 5) is 17.3. The van der Waals surface area contributed by atoms with E-state index in [2.05, 4.69) is 19.9 Å². The van der Waals surface area contributed by atoms with Crippen LogP contribution in [0, 0.1) is 5.82 Å². The van der Waals surface area contributed by atoms with Crippen LogP contribution in [0.15, 0.2) is 6.20 Å². The van der Waals surface area contributed by atoms with E-state index in [4.69, 9.17) is 21.1 Å². The maximum atomic E-state index is 14.8. The summed E-state index contributed by atoms with van der Waals surface area (Å²) in [5.74, 6) is -0.0837. The Morgan fingerprint density at radius 2 is 2.10 bits per heavy atom. The van der Waals surface area contributed by atoms with Gasteiger partial charge in [0.15, 0.2) is 11.0 Å². The third kappa shape index (κ3) is 3.37. The van der Waals surface area contributed by atoms with Crippen LogP contribution < -0.4 is 9.64 Å². The van der Waals surface area contributed by atoms with E-state index in [-0.39, 0.29) is 34.9 Å². The summed E-state index contributed by atoms with van der Waals surface area (Å²) in [5.41, 5.74) is 0.00106. The van der Waals surface area contributed by atoms with Gasteiger partial charge < -0.3 is 19.5 Å². The number of morpholine rings is 1. The van der Waals surface area contributed by atoms with Gasteiger partial charge in [-0.15, -0.1) is 0 Å². The fourth-order valence-electron chi connectivity index (χ4n) is 5.08. The second kappa shape index (κ2) is 8.03. The predicted octanol–water partition coefficient (Wildman–Crippen LogP) is 2.02. The highest BCUT2D eigenvalue weighted by Gasteiger charge is 2.49. The molecule has 0 saturated carbocycles. The Balaban J connectivity index is 1.47. The molecule has 2 atom stereocenters. The lowest BCUT2D eigenvalue weighted by atomic mass is 9.95. The fraction of sp³-hybridized carbons (Fsp3) is 0.650. The highest BCUT2D eigenvalue weighted by atomic mass is 35.5. The number of fused-ring (bicyclic) bond motifs is 2. The molecule has 3 saturated heterocycles. The normalized spacial score (nSPS) is 27.0. The standard InChI is InChI=1S/C20H25ClFN5O3/c21-17-15(22)16-14(10-23-17)18(26-6-8-29-9-7-26)25-19(24-16)30-12-20-3-1-5-27(20)13(11-28)2-4-20/h10,13,28H,1-9,11-12H2/t13-,20-/m0/s1. The van der Waals surface area contributed by atoms with Gasteiger partial charge >= 0.3 is 6.01 Å². The summed E-state index contributed by atoms with van der Waals surface area (Å²) in [6.45, 7) is 3.97. The van der Waals surface area contributed by atoms with Gasteiger partial charge in [0.25, 0.3) is 0 Å². The summed E-state index contributed by atoms with van der Waals surface area (Å²) in [5, 5.41) is 9.97. The minimum atomic E-state index is -0.669. The molecule has 30 heavy (non-hydrogen) atoms. The lowest BCUT2D eigenvalue weighted by Crippen LogP contribution is -2.47. The van der Waals surface area contributed by atoms with Crippen LogP contribution in [-0.4, -0.2) is 82.6 Å². The Bertz CT molecular complexity index is 944. The molecule has 0 aromatic carbocycles. The number of anilines is 1. The Morgan fingerprint density at radius 3 is 2.90 bits per heavy atom. The van der Waals surface area contributed by atoms with E-state index in [1.165, 1.54) is 6.20 Å². The van der Waals surface area contributed by atoms with E-state index in [0.29, 0.717) is 44.1 Å². The second-order valence-corrected chi connectivity index (χ2v) is 8.60. The number of aliphatic hydroxyl groups excluding tert-OH is 1. The molecular weight excluding hydrogens is 413 g/mol. The number of hydrogen-bond donors (Lipinski definition) is 1. The van der Waals surface area contributed by atoms with Crippen molar-refractivity contribution < 1.29 is 19.0 Å². The number of halogens is 2. The Labute approximate surface area is 179 Å². The zero-order valence-electron chi connectivity index (χ0n) is 16.7. The summed E-state index contributed by atoms with van der Waals surface area (Å²) >= 11 is 5.91. The van der Waals surface area contributed by atoms with Crippen LogP contribution in [0.1, 0.15) is 25.7 Å². The highest BCUT2D eigenvalue weighted by Crippen LogP contribution is 2.42. The van der Waals surface area contributed by atoms with E-state index in [1.807, 2.05) is 4.90 Å². The van der Waals surface area contributed by atoms with Gasteiger partial charge in [0, 0.05) is 25.3 Å². The van der Waals surface area contributed by atoms with Crippen LogP contribution >= 0.6 is 11.6 Å². The van der Waals surface area contributed by atoms with Crippen molar-refractivity contribution in [3.8, 4) is 6.01 Å². The Morgan fingerprint density at radius 1 is 1.27 bits per heavy atom. The van der Waals surface area contributed by atoms with Crippen molar-refractivity contribution in [3.05, 3.63) is 17.2 Å². The Hall–Kier alpha value is -1.81. The number of nitrogens with zero attached hydrogens (tertiary/aromatic N) is 5. The van der Waals surface area contributed by atoms with Crippen LogP contribution in [0.3, 0.4) is 0 Å². The molecule has 8 nitrogen and oxygen atoms in total. The number of aliphatic hydroxyl groups is 1. The molecule has 3 aliphatic rings. The van der Waals surface area contributed by atoms with Gasteiger partial charge in [-0.1, -0.05) is 11.6 Å². The zero-order valence-corrected chi connectivity index (χ0v) is 17.4. The van der Waals surface area contributed by atoms with Gasteiger partial charge in [0.2, 0.25) is 0 Å². The number of pyridine rings is 1. The van der Waals surface area contributed by atoms with Crippen molar-refractivity contribution in [2.75, 3.05) is 51.0 Å². The third-order valence-corrected chi connectivity index (χ3v) is 6.89. The lowest BCUT2D eigenvalue weighted by Gasteiger charge is -2.34. The first-order valence-electron chi connectivity index (χ1n) is 10.5. The number of ether oxygens (including phenoxy) is 2. The van der Waals surface area contributed by atoms with E-state index >= 15 is 0 Å². The topological polar surface area (TPSA) is 83.8 Å². The predicted molar refractivity (Wildman–Crippen MR) is 110 cm³/mol. The van der Waals surface area contributed by atoms with E-state index in [9.17, 15) is 9.50 Å². The summed E-state index contributed by atoms with van der Waals surface area (Å²) in [6, 6.07) is 0.318. The fourth-order valence-corrected chi connectivity index (χ4v) is 5.22. The summed E-state index contributed by atoms with van der Waals surface area (Å²) < 4.78 is 26.3. The molecule has 5 rings (SSSR count). The molecule has 0 aliphatic carbocycles. The Kier molecular flexibility index (Phi) is 5.38. The maximum Gasteiger partial charge on any atom is 0.319 e. The summed E-state index contributed by atoms with van der Waals surface area (Å²) in [6.07, 6.45) is 5.51. The van der Waals surface area contributed by atoms with Crippen molar-refractivity contribution in [2.24, 2.45) is 0 Å². The largest absolute Gasteiger partial charge is 0.461 e. The first-order valence-corrected chi connectivity index (χ1v) is 10.8. The molecule has 0 unspecified atom stereocenters. The van der Waals surface area contributed by atoms with Crippen LogP contribution in [0.25, 0.3) is 10.9 Å². The SMILES string of the molecule is OC[C@@H]1CC[C@]2(COc3nc(N4CCOCC4)c4cnc(Cl)c(F)c4n3)CCCN12.